The van der Waals surface area contributed by atoms with Gasteiger partial charge in [0, 0.05) is 0 Å². The second-order valence-corrected chi connectivity index (χ2v) is 8.61. The Morgan fingerprint density at radius 1 is 0.485 bits per heavy atom. The monoisotopic (exact) mass is 443 g/mol. The van der Waals surface area contributed by atoms with E-state index in [0.29, 0.717) is 0 Å². The Labute approximate surface area is 201 Å². The topological polar surface area (TPSA) is 18.5 Å². The van der Waals surface area contributed by atoms with Crippen LogP contribution in [0.4, 0.5) is 0 Å². The summed E-state index contributed by atoms with van der Waals surface area (Å²) in [6.07, 6.45) is 9.75. The molecule has 0 spiro atoms. The van der Waals surface area contributed by atoms with Crippen LogP contribution in [0.2, 0.25) is 0 Å². The molecule has 0 fully saturated rings. The molecule has 0 bridgehead atoms. The van der Waals surface area contributed by atoms with Crippen molar-refractivity contribution in [3.05, 3.63) is 101 Å². The highest BCUT2D eigenvalue weighted by atomic mass is 16.5. The molecule has 3 rings (SSSR count). The number of hydrogen-bond acceptors (Lipinski definition) is 2. The van der Waals surface area contributed by atoms with Crippen molar-refractivity contribution < 1.29 is 9.47 Å². The maximum absolute atomic E-state index is 5.95. The van der Waals surface area contributed by atoms with Crippen LogP contribution in [0.5, 0.6) is 11.5 Å². The Bertz CT molecular complexity index is 827. The van der Waals surface area contributed by atoms with Crippen molar-refractivity contribution in [3.8, 4) is 11.5 Å². The highest BCUT2D eigenvalue weighted by molar-refractivity contribution is 5.58. The van der Waals surface area contributed by atoms with Crippen molar-refractivity contribution in [3.63, 3.8) is 0 Å². The molecule has 0 N–H and O–H groups in total. The lowest BCUT2D eigenvalue weighted by molar-refractivity contribution is 0.305. The molecule has 2 nitrogen and oxygen atoms in total. The number of unbranched alkanes of at least 4 members (excludes halogenated alkanes) is 6. The molecule has 0 aromatic heterocycles. The molecule has 33 heavy (non-hydrogen) atoms. The van der Waals surface area contributed by atoms with Gasteiger partial charge < -0.3 is 9.47 Å². The van der Waals surface area contributed by atoms with Gasteiger partial charge in [-0.05, 0) is 53.8 Å². The molecule has 0 atom stereocenters. The normalized spacial score (nSPS) is 11.0. The van der Waals surface area contributed by atoms with E-state index in [9.17, 15) is 0 Å². The highest BCUT2D eigenvalue weighted by Gasteiger charge is 2.18. The zero-order chi connectivity index (χ0) is 23.1. The zero-order valence-electron chi connectivity index (χ0n) is 20.4. The molecule has 0 heterocycles. The fraction of sp³-hybridized carbons (Fsp3) is 0.387. The summed E-state index contributed by atoms with van der Waals surface area (Å²) >= 11 is 0. The van der Waals surface area contributed by atoms with E-state index >= 15 is 0 Å². The lowest BCUT2D eigenvalue weighted by Gasteiger charge is -2.19. The standard InChI is InChI=1S/C31H39O2/c1-3-5-7-12-24-32-29-20-16-27(17-21-29)31(26-14-10-9-11-15-26)28-18-22-30(23-19-28)33-25-13-8-6-4-2/h9-11,14-23H,3-8,12-13,24-25H2,1-2H3. The number of hydrogen-bond donors (Lipinski definition) is 0. The van der Waals surface area contributed by atoms with E-state index in [-0.39, 0.29) is 0 Å². The van der Waals surface area contributed by atoms with Gasteiger partial charge in [-0.2, -0.15) is 0 Å². The molecule has 0 aliphatic rings. The van der Waals surface area contributed by atoms with E-state index in [4.69, 9.17) is 9.47 Å². The van der Waals surface area contributed by atoms with Crippen LogP contribution in [0.15, 0.2) is 78.9 Å². The van der Waals surface area contributed by atoms with Crippen molar-refractivity contribution in [2.45, 2.75) is 65.2 Å². The van der Waals surface area contributed by atoms with Crippen LogP contribution in [-0.4, -0.2) is 13.2 Å². The summed E-state index contributed by atoms with van der Waals surface area (Å²) in [6.45, 7) is 6.04. The first kappa shape index (κ1) is 24.9. The molecule has 3 aromatic carbocycles. The Morgan fingerprint density at radius 3 is 1.33 bits per heavy atom. The van der Waals surface area contributed by atoms with Crippen molar-refractivity contribution in [2.75, 3.05) is 13.2 Å². The first-order valence-corrected chi connectivity index (χ1v) is 12.7. The van der Waals surface area contributed by atoms with Crippen LogP contribution in [0, 0.1) is 5.92 Å². The third kappa shape index (κ3) is 8.28. The molecule has 0 saturated heterocycles. The summed E-state index contributed by atoms with van der Waals surface area (Å²) in [5.41, 5.74) is 3.58. The molecule has 0 aliphatic heterocycles. The maximum atomic E-state index is 5.95. The minimum atomic E-state index is 0.786. The molecule has 175 valence electrons. The average Bonchev–Trinajstić information content (AvgIpc) is 2.86. The summed E-state index contributed by atoms with van der Waals surface area (Å²) in [4.78, 5) is 0. The van der Waals surface area contributed by atoms with E-state index in [1.165, 1.54) is 61.1 Å². The van der Waals surface area contributed by atoms with Crippen LogP contribution < -0.4 is 9.47 Å². The van der Waals surface area contributed by atoms with Gasteiger partial charge in [-0.25, -0.2) is 0 Å². The van der Waals surface area contributed by atoms with Crippen LogP contribution >= 0.6 is 0 Å². The molecule has 0 amide bonds. The lowest BCUT2D eigenvalue weighted by atomic mass is 9.85. The first-order chi connectivity index (χ1) is 16.3. The van der Waals surface area contributed by atoms with Gasteiger partial charge >= 0.3 is 0 Å². The Kier molecular flexibility index (Phi) is 10.9. The largest absolute Gasteiger partial charge is 0.494 e. The predicted octanol–water partition coefficient (Wildman–Crippen LogP) is 8.62. The van der Waals surface area contributed by atoms with Crippen molar-refractivity contribution in [2.24, 2.45) is 0 Å². The van der Waals surface area contributed by atoms with Gasteiger partial charge in [-0.3, -0.25) is 0 Å². The van der Waals surface area contributed by atoms with Gasteiger partial charge in [-0.15, -0.1) is 0 Å². The van der Waals surface area contributed by atoms with Crippen molar-refractivity contribution in [1.29, 1.82) is 0 Å². The Morgan fingerprint density at radius 2 is 0.909 bits per heavy atom. The molecular weight excluding hydrogens is 404 g/mol. The van der Waals surface area contributed by atoms with E-state index in [1.54, 1.807) is 0 Å². The van der Waals surface area contributed by atoms with Gasteiger partial charge in [0.15, 0.2) is 0 Å². The second-order valence-electron chi connectivity index (χ2n) is 8.61. The Hall–Kier alpha value is -2.74. The highest BCUT2D eigenvalue weighted by Crippen LogP contribution is 2.32. The fourth-order valence-electron chi connectivity index (χ4n) is 3.98. The van der Waals surface area contributed by atoms with Gasteiger partial charge in [0.05, 0.1) is 19.1 Å². The van der Waals surface area contributed by atoms with Gasteiger partial charge in [0.2, 0.25) is 0 Å². The summed E-state index contributed by atoms with van der Waals surface area (Å²) in [6, 6.07) is 27.6. The van der Waals surface area contributed by atoms with Crippen LogP contribution in [0.1, 0.15) is 81.9 Å². The van der Waals surface area contributed by atoms with E-state index < -0.39 is 0 Å². The first-order valence-electron chi connectivity index (χ1n) is 12.7. The molecule has 0 unspecified atom stereocenters. The lowest BCUT2D eigenvalue weighted by Crippen LogP contribution is -2.05. The van der Waals surface area contributed by atoms with E-state index in [1.807, 2.05) is 0 Å². The van der Waals surface area contributed by atoms with Crippen LogP contribution in [-0.2, 0) is 0 Å². The Balaban J connectivity index is 1.68. The molecule has 0 aliphatic carbocycles. The maximum Gasteiger partial charge on any atom is 0.119 e. The molecule has 3 aromatic rings. The molecule has 1 radical (unpaired) electrons. The second kappa shape index (κ2) is 14.4. The quantitative estimate of drug-likeness (QED) is 0.173. The van der Waals surface area contributed by atoms with Gasteiger partial charge in [-0.1, -0.05) is 107 Å². The summed E-state index contributed by atoms with van der Waals surface area (Å²) in [5.74, 6) is 3.10. The van der Waals surface area contributed by atoms with Gasteiger partial charge in [0.1, 0.15) is 11.5 Å². The summed E-state index contributed by atoms with van der Waals surface area (Å²) in [7, 11) is 0. The predicted molar refractivity (Wildman–Crippen MR) is 139 cm³/mol. The summed E-state index contributed by atoms with van der Waals surface area (Å²) in [5, 5.41) is 0. The molecule has 2 heteroatoms. The van der Waals surface area contributed by atoms with Crippen LogP contribution in [0.25, 0.3) is 0 Å². The zero-order valence-corrected chi connectivity index (χ0v) is 20.4. The third-order valence-electron chi connectivity index (χ3n) is 5.88. The molecular formula is C31H39O2. The SMILES string of the molecule is CCCCCCOc1ccc([C](c2ccccc2)c2ccc(OCCCCCC)cc2)cc1. The smallest absolute Gasteiger partial charge is 0.119 e. The molecule has 0 saturated carbocycles. The van der Waals surface area contributed by atoms with Crippen molar-refractivity contribution in [1.82, 2.24) is 0 Å². The average molecular weight is 444 g/mol. The number of rotatable bonds is 15. The fourth-order valence-corrected chi connectivity index (χ4v) is 3.98. The third-order valence-corrected chi connectivity index (χ3v) is 5.88. The van der Waals surface area contributed by atoms with E-state index in [0.717, 1.165) is 37.6 Å². The van der Waals surface area contributed by atoms with E-state index in [2.05, 4.69) is 92.7 Å². The van der Waals surface area contributed by atoms with Gasteiger partial charge in [0.25, 0.3) is 0 Å². The van der Waals surface area contributed by atoms with Crippen LogP contribution in [0.3, 0.4) is 0 Å². The number of ether oxygens (including phenoxy) is 2. The minimum Gasteiger partial charge on any atom is -0.494 e. The summed E-state index contributed by atoms with van der Waals surface area (Å²) < 4.78 is 11.9. The van der Waals surface area contributed by atoms with Crippen molar-refractivity contribution >= 4 is 0 Å². The number of benzene rings is 3. The minimum absolute atomic E-state index is 0.786.